The van der Waals surface area contributed by atoms with Crippen molar-refractivity contribution in [1.82, 2.24) is 5.32 Å². The monoisotopic (exact) mass is 325 g/mol. The quantitative estimate of drug-likeness (QED) is 0.255. The van der Waals surface area contributed by atoms with Crippen LogP contribution < -0.4 is 5.32 Å². The lowest BCUT2D eigenvalue weighted by molar-refractivity contribution is 0.344. The van der Waals surface area contributed by atoms with E-state index < -0.39 is 0 Å². The maximum Gasteiger partial charge on any atom is 0.0125 e. The van der Waals surface area contributed by atoms with Crippen molar-refractivity contribution in [2.24, 2.45) is 0 Å². The molecule has 1 nitrogen and oxygen atoms in total. The molecule has 0 aliphatic rings. The molecule has 0 heterocycles. The molecular weight excluding hydrogens is 278 g/mol. The zero-order valence-corrected chi connectivity index (χ0v) is 17.0. The molecule has 23 heavy (non-hydrogen) atoms. The van der Waals surface area contributed by atoms with Crippen molar-refractivity contribution in [3.05, 3.63) is 0 Å². The van der Waals surface area contributed by atoms with Crippen LogP contribution in [0.15, 0.2) is 0 Å². The second-order valence-corrected chi connectivity index (χ2v) is 8.16. The van der Waals surface area contributed by atoms with Gasteiger partial charge in [0.25, 0.3) is 0 Å². The molecule has 140 valence electrons. The van der Waals surface area contributed by atoms with Crippen LogP contribution >= 0.6 is 0 Å². The van der Waals surface area contributed by atoms with Crippen molar-refractivity contribution in [1.29, 1.82) is 0 Å². The molecule has 0 saturated carbocycles. The summed E-state index contributed by atoms with van der Waals surface area (Å²) in [5.74, 6) is 0. The van der Waals surface area contributed by atoms with Crippen LogP contribution in [0.1, 0.15) is 130 Å². The Labute approximate surface area is 148 Å². The van der Waals surface area contributed by atoms with Crippen LogP contribution in [-0.2, 0) is 0 Å². The van der Waals surface area contributed by atoms with Crippen LogP contribution in [0, 0.1) is 0 Å². The topological polar surface area (TPSA) is 12.0 Å². The molecule has 0 aromatic rings. The Kier molecular flexibility index (Phi) is 16.8. The van der Waals surface area contributed by atoms with Gasteiger partial charge in [-0.1, -0.05) is 104 Å². The highest BCUT2D eigenvalue weighted by Crippen LogP contribution is 2.16. The summed E-state index contributed by atoms with van der Waals surface area (Å²) in [6.07, 6.45) is 22.7. The fourth-order valence-electron chi connectivity index (χ4n) is 3.28. The van der Waals surface area contributed by atoms with Crippen LogP contribution in [-0.4, -0.2) is 12.1 Å². The van der Waals surface area contributed by atoms with Crippen molar-refractivity contribution >= 4 is 0 Å². The standard InChI is InChI=1S/C22H47N/c1-5-7-9-10-11-12-13-14-15-16-17-18-19-20-22(3,4)23-21-8-6-2/h23H,5-21H2,1-4H3. The lowest BCUT2D eigenvalue weighted by Gasteiger charge is -2.26. The first-order chi connectivity index (χ1) is 11.1. The van der Waals surface area contributed by atoms with E-state index in [-0.39, 0.29) is 0 Å². The van der Waals surface area contributed by atoms with Gasteiger partial charge in [-0.3, -0.25) is 0 Å². The SMILES string of the molecule is CCCCCCCCCCCCCCCC(C)(C)NCCCC. The second-order valence-electron chi connectivity index (χ2n) is 8.16. The summed E-state index contributed by atoms with van der Waals surface area (Å²) >= 11 is 0. The third-order valence-electron chi connectivity index (χ3n) is 5.04. The van der Waals surface area contributed by atoms with E-state index >= 15 is 0 Å². The highest BCUT2D eigenvalue weighted by Gasteiger charge is 2.15. The Bertz CT molecular complexity index is 222. The van der Waals surface area contributed by atoms with Crippen LogP contribution in [0.2, 0.25) is 0 Å². The van der Waals surface area contributed by atoms with E-state index in [1.54, 1.807) is 0 Å². The second kappa shape index (κ2) is 16.8. The minimum atomic E-state index is 0.340. The number of rotatable bonds is 18. The van der Waals surface area contributed by atoms with Gasteiger partial charge in [0.05, 0.1) is 0 Å². The Hall–Kier alpha value is -0.0400. The van der Waals surface area contributed by atoms with Gasteiger partial charge in [-0.05, 0) is 33.2 Å². The summed E-state index contributed by atoms with van der Waals surface area (Å²) in [6, 6.07) is 0. The molecule has 0 amide bonds. The highest BCUT2D eigenvalue weighted by atomic mass is 14.9. The smallest absolute Gasteiger partial charge is 0.0125 e. The van der Waals surface area contributed by atoms with Crippen LogP contribution in [0.5, 0.6) is 0 Å². The zero-order valence-electron chi connectivity index (χ0n) is 17.0. The van der Waals surface area contributed by atoms with Gasteiger partial charge in [0, 0.05) is 5.54 Å². The van der Waals surface area contributed by atoms with E-state index in [2.05, 4.69) is 33.0 Å². The maximum absolute atomic E-state index is 3.70. The van der Waals surface area contributed by atoms with Crippen LogP contribution in [0.4, 0.5) is 0 Å². The highest BCUT2D eigenvalue weighted by molar-refractivity contribution is 4.76. The predicted octanol–water partition coefficient (Wildman–Crippen LogP) is 7.64. The molecule has 0 aliphatic heterocycles. The lowest BCUT2D eigenvalue weighted by Crippen LogP contribution is -2.39. The van der Waals surface area contributed by atoms with Gasteiger partial charge in [0.2, 0.25) is 0 Å². The molecule has 0 rings (SSSR count). The molecule has 0 saturated heterocycles. The average Bonchev–Trinajstić information content (AvgIpc) is 2.52. The number of unbranched alkanes of at least 4 members (excludes halogenated alkanes) is 13. The molecule has 0 radical (unpaired) electrons. The van der Waals surface area contributed by atoms with Gasteiger partial charge in [0.1, 0.15) is 0 Å². The summed E-state index contributed by atoms with van der Waals surface area (Å²) in [7, 11) is 0. The van der Waals surface area contributed by atoms with Crippen molar-refractivity contribution in [2.45, 2.75) is 136 Å². The Morgan fingerprint density at radius 1 is 0.522 bits per heavy atom. The molecule has 0 aromatic heterocycles. The minimum Gasteiger partial charge on any atom is -0.312 e. The zero-order chi connectivity index (χ0) is 17.2. The average molecular weight is 326 g/mol. The van der Waals surface area contributed by atoms with E-state index in [9.17, 15) is 0 Å². The third kappa shape index (κ3) is 18.1. The number of nitrogens with one attached hydrogen (secondary N) is 1. The largest absolute Gasteiger partial charge is 0.312 e. The Morgan fingerprint density at radius 2 is 0.913 bits per heavy atom. The summed E-state index contributed by atoms with van der Waals surface area (Å²) in [6.45, 7) is 10.5. The van der Waals surface area contributed by atoms with Gasteiger partial charge in [-0.2, -0.15) is 0 Å². The van der Waals surface area contributed by atoms with Gasteiger partial charge in [-0.25, -0.2) is 0 Å². The van der Waals surface area contributed by atoms with Gasteiger partial charge in [0.15, 0.2) is 0 Å². The summed E-state index contributed by atoms with van der Waals surface area (Å²) < 4.78 is 0. The fraction of sp³-hybridized carbons (Fsp3) is 1.00. The van der Waals surface area contributed by atoms with Gasteiger partial charge < -0.3 is 5.32 Å². The number of hydrogen-bond donors (Lipinski definition) is 1. The van der Waals surface area contributed by atoms with Gasteiger partial charge in [-0.15, -0.1) is 0 Å². The van der Waals surface area contributed by atoms with E-state index in [1.165, 1.54) is 109 Å². The van der Waals surface area contributed by atoms with Crippen molar-refractivity contribution < 1.29 is 0 Å². The molecule has 0 unspecified atom stereocenters. The van der Waals surface area contributed by atoms with Crippen LogP contribution in [0.25, 0.3) is 0 Å². The van der Waals surface area contributed by atoms with Crippen molar-refractivity contribution in [2.75, 3.05) is 6.54 Å². The predicted molar refractivity (Wildman–Crippen MR) is 107 cm³/mol. The third-order valence-corrected chi connectivity index (χ3v) is 5.04. The molecule has 1 heteroatoms. The Balaban J connectivity index is 3.20. The van der Waals surface area contributed by atoms with Crippen LogP contribution in [0.3, 0.4) is 0 Å². The van der Waals surface area contributed by atoms with Crippen molar-refractivity contribution in [3.63, 3.8) is 0 Å². The van der Waals surface area contributed by atoms with E-state index in [0.717, 1.165) is 0 Å². The first-order valence-electron chi connectivity index (χ1n) is 10.9. The minimum absolute atomic E-state index is 0.340. The lowest BCUT2D eigenvalue weighted by atomic mass is 9.95. The fourth-order valence-corrected chi connectivity index (χ4v) is 3.28. The molecular formula is C22H47N. The molecule has 0 aliphatic carbocycles. The first-order valence-corrected chi connectivity index (χ1v) is 10.9. The molecule has 0 aromatic carbocycles. The summed E-state index contributed by atoms with van der Waals surface area (Å²) in [5.41, 5.74) is 0.340. The maximum atomic E-state index is 3.70. The van der Waals surface area contributed by atoms with E-state index in [4.69, 9.17) is 0 Å². The normalized spacial score (nSPS) is 12.0. The molecule has 0 bridgehead atoms. The van der Waals surface area contributed by atoms with E-state index in [1.807, 2.05) is 0 Å². The summed E-state index contributed by atoms with van der Waals surface area (Å²) in [5, 5.41) is 3.70. The van der Waals surface area contributed by atoms with Crippen molar-refractivity contribution in [3.8, 4) is 0 Å². The Morgan fingerprint density at radius 3 is 1.35 bits per heavy atom. The number of hydrogen-bond acceptors (Lipinski definition) is 1. The molecule has 0 fully saturated rings. The first kappa shape index (κ1) is 23.0. The molecule has 1 N–H and O–H groups in total. The van der Waals surface area contributed by atoms with E-state index in [0.29, 0.717) is 5.54 Å². The molecule has 0 atom stereocenters. The molecule has 0 spiro atoms. The summed E-state index contributed by atoms with van der Waals surface area (Å²) in [4.78, 5) is 0. The van der Waals surface area contributed by atoms with Gasteiger partial charge >= 0.3 is 0 Å².